The van der Waals surface area contributed by atoms with Crippen molar-refractivity contribution in [2.75, 3.05) is 18.0 Å². The van der Waals surface area contributed by atoms with Gasteiger partial charge >= 0.3 is 0 Å². The van der Waals surface area contributed by atoms with Crippen LogP contribution in [0.4, 0.5) is 5.82 Å². The standard InChI is InChI=1S/C16H19N5O/c1-11-6-17-7-15(18-11)20-8-12(9-20)10-21-16(22)5-13-3-2-4-14(13)19-21/h5-7,12H,2-4,8-10H2,1H3. The van der Waals surface area contributed by atoms with Gasteiger partial charge in [-0.1, -0.05) is 0 Å². The van der Waals surface area contributed by atoms with Crippen LogP contribution in [0.5, 0.6) is 0 Å². The molecule has 1 aliphatic heterocycles. The summed E-state index contributed by atoms with van der Waals surface area (Å²) in [5.74, 6) is 1.37. The monoisotopic (exact) mass is 297 g/mol. The molecule has 114 valence electrons. The van der Waals surface area contributed by atoms with Crippen molar-refractivity contribution in [3.8, 4) is 0 Å². The maximum atomic E-state index is 12.1. The molecule has 2 aromatic heterocycles. The molecule has 0 amide bonds. The summed E-state index contributed by atoms with van der Waals surface area (Å²) in [5, 5.41) is 4.54. The van der Waals surface area contributed by atoms with Crippen molar-refractivity contribution in [2.24, 2.45) is 5.92 Å². The summed E-state index contributed by atoms with van der Waals surface area (Å²) < 4.78 is 1.65. The third-order valence-electron chi connectivity index (χ3n) is 4.48. The molecule has 0 N–H and O–H groups in total. The average molecular weight is 297 g/mol. The predicted molar refractivity (Wildman–Crippen MR) is 83.0 cm³/mol. The van der Waals surface area contributed by atoms with E-state index >= 15 is 0 Å². The van der Waals surface area contributed by atoms with E-state index in [1.54, 1.807) is 23.1 Å². The molecular formula is C16H19N5O. The highest BCUT2D eigenvalue weighted by Gasteiger charge is 2.29. The van der Waals surface area contributed by atoms with Gasteiger partial charge in [-0.3, -0.25) is 9.78 Å². The van der Waals surface area contributed by atoms with Crippen molar-refractivity contribution in [2.45, 2.75) is 32.7 Å². The van der Waals surface area contributed by atoms with E-state index in [0.717, 1.165) is 55.1 Å². The molecule has 1 aliphatic carbocycles. The Balaban J connectivity index is 1.43. The van der Waals surface area contributed by atoms with Crippen LogP contribution in [0.25, 0.3) is 0 Å². The molecule has 0 radical (unpaired) electrons. The van der Waals surface area contributed by atoms with Crippen molar-refractivity contribution in [3.63, 3.8) is 0 Å². The highest BCUT2D eigenvalue weighted by molar-refractivity contribution is 5.39. The third kappa shape index (κ3) is 2.38. The highest BCUT2D eigenvalue weighted by Crippen LogP contribution is 2.23. The molecule has 1 saturated heterocycles. The molecule has 3 heterocycles. The van der Waals surface area contributed by atoms with Gasteiger partial charge in [0.15, 0.2) is 0 Å². The molecule has 6 heteroatoms. The molecule has 22 heavy (non-hydrogen) atoms. The summed E-state index contributed by atoms with van der Waals surface area (Å²) in [7, 11) is 0. The Labute approximate surface area is 128 Å². The van der Waals surface area contributed by atoms with Gasteiger partial charge in [-0.15, -0.1) is 0 Å². The fourth-order valence-corrected chi connectivity index (χ4v) is 3.29. The molecular weight excluding hydrogens is 278 g/mol. The fraction of sp³-hybridized carbons (Fsp3) is 0.500. The maximum Gasteiger partial charge on any atom is 0.267 e. The zero-order chi connectivity index (χ0) is 15.1. The molecule has 0 aromatic carbocycles. The minimum absolute atomic E-state index is 0.0365. The van der Waals surface area contributed by atoms with Gasteiger partial charge in [-0.2, -0.15) is 5.10 Å². The van der Waals surface area contributed by atoms with Crippen LogP contribution in [0.3, 0.4) is 0 Å². The van der Waals surface area contributed by atoms with Crippen molar-refractivity contribution in [1.82, 2.24) is 19.7 Å². The van der Waals surface area contributed by atoms with E-state index in [0.29, 0.717) is 12.5 Å². The van der Waals surface area contributed by atoms with E-state index in [1.807, 2.05) is 6.92 Å². The van der Waals surface area contributed by atoms with Crippen LogP contribution in [-0.2, 0) is 19.4 Å². The number of fused-ring (bicyclic) bond motifs is 1. The minimum Gasteiger partial charge on any atom is -0.355 e. The van der Waals surface area contributed by atoms with E-state index in [4.69, 9.17) is 0 Å². The summed E-state index contributed by atoms with van der Waals surface area (Å²) in [6.07, 6.45) is 6.68. The molecule has 2 aliphatic rings. The van der Waals surface area contributed by atoms with Crippen molar-refractivity contribution >= 4 is 5.82 Å². The van der Waals surface area contributed by atoms with Crippen LogP contribution < -0.4 is 10.5 Å². The Hall–Kier alpha value is -2.24. The van der Waals surface area contributed by atoms with Gasteiger partial charge < -0.3 is 4.90 Å². The summed E-state index contributed by atoms with van der Waals surface area (Å²) in [6.45, 7) is 4.45. The molecule has 0 bridgehead atoms. The number of aromatic nitrogens is 4. The Morgan fingerprint density at radius 3 is 2.95 bits per heavy atom. The van der Waals surface area contributed by atoms with Gasteiger partial charge in [0.1, 0.15) is 5.82 Å². The lowest BCUT2D eigenvalue weighted by molar-refractivity contribution is 0.331. The number of anilines is 1. The Morgan fingerprint density at radius 2 is 2.14 bits per heavy atom. The lowest BCUT2D eigenvalue weighted by atomic mass is 10.0. The van der Waals surface area contributed by atoms with E-state index in [9.17, 15) is 4.79 Å². The van der Waals surface area contributed by atoms with Crippen molar-refractivity contribution < 1.29 is 0 Å². The second-order valence-electron chi connectivity index (χ2n) is 6.28. The largest absolute Gasteiger partial charge is 0.355 e. The second-order valence-corrected chi connectivity index (χ2v) is 6.28. The van der Waals surface area contributed by atoms with E-state index < -0.39 is 0 Å². The molecule has 0 atom stereocenters. The van der Waals surface area contributed by atoms with Gasteiger partial charge in [0.25, 0.3) is 5.56 Å². The van der Waals surface area contributed by atoms with E-state index in [1.165, 1.54) is 0 Å². The smallest absolute Gasteiger partial charge is 0.267 e. The Kier molecular flexibility index (Phi) is 3.17. The molecule has 0 unspecified atom stereocenters. The number of hydrogen-bond acceptors (Lipinski definition) is 5. The highest BCUT2D eigenvalue weighted by atomic mass is 16.1. The number of nitrogens with zero attached hydrogens (tertiary/aromatic N) is 5. The molecule has 1 fully saturated rings. The first kappa shape index (κ1) is 13.4. The SMILES string of the molecule is Cc1cncc(N2CC(Cn3nc4c(cc3=O)CCC4)C2)n1. The van der Waals surface area contributed by atoms with Crippen LogP contribution in [0.15, 0.2) is 23.3 Å². The normalized spacial score (nSPS) is 17.4. The summed E-state index contributed by atoms with van der Waals surface area (Å²) in [4.78, 5) is 23.0. The predicted octanol–water partition coefficient (Wildman–Crippen LogP) is 0.967. The molecule has 6 nitrogen and oxygen atoms in total. The van der Waals surface area contributed by atoms with Crippen LogP contribution >= 0.6 is 0 Å². The summed E-state index contributed by atoms with van der Waals surface area (Å²) in [6, 6.07) is 1.78. The first-order chi connectivity index (χ1) is 10.7. The van der Waals surface area contributed by atoms with Crippen LogP contribution in [0.2, 0.25) is 0 Å². The maximum absolute atomic E-state index is 12.1. The van der Waals surface area contributed by atoms with Crippen LogP contribution in [-0.4, -0.2) is 32.8 Å². The summed E-state index contributed by atoms with van der Waals surface area (Å²) in [5.41, 5.74) is 3.22. The van der Waals surface area contributed by atoms with Gasteiger partial charge in [-0.05, 0) is 31.7 Å². The zero-order valence-corrected chi connectivity index (χ0v) is 12.7. The van der Waals surface area contributed by atoms with Gasteiger partial charge in [-0.25, -0.2) is 9.67 Å². The molecule has 0 spiro atoms. The second kappa shape index (κ2) is 5.19. The van der Waals surface area contributed by atoms with Gasteiger partial charge in [0.05, 0.1) is 24.1 Å². The Morgan fingerprint density at radius 1 is 1.27 bits per heavy atom. The lowest BCUT2D eigenvalue weighted by Crippen LogP contribution is -2.50. The first-order valence-electron chi connectivity index (χ1n) is 7.82. The zero-order valence-electron chi connectivity index (χ0n) is 12.7. The minimum atomic E-state index is 0.0365. The van der Waals surface area contributed by atoms with Gasteiger partial charge in [0, 0.05) is 31.3 Å². The number of hydrogen-bond donors (Lipinski definition) is 0. The first-order valence-corrected chi connectivity index (χ1v) is 7.82. The van der Waals surface area contributed by atoms with Crippen LogP contribution in [0, 0.1) is 12.8 Å². The van der Waals surface area contributed by atoms with Crippen LogP contribution in [0.1, 0.15) is 23.4 Å². The Bertz CT molecular complexity index is 763. The van der Waals surface area contributed by atoms with Crippen molar-refractivity contribution in [3.05, 3.63) is 45.8 Å². The summed E-state index contributed by atoms with van der Waals surface area (Å²) >= 11 is 0. The quantitative estimate of drug-likeness (QED) is 0.844. The third-order valence-corrected chi connectivity index (χ3v) is 4.48. The van der Waals surface area contributed by atoms with Crippen molar-refractivity contribution in [1.29, 1.82) is 0 Å². The van der Waals surface area contributed by atoms with Gasteiger partial charge in [0.2, 0.25) is 0 Å². The van der Waals surface area contributed by atoms with E-state index in [2.05, 4.69) is 20.0 Å². The number of rotatable bonds is 3. The molecule has 0 saturated carbocycles. The number of aryl methyl sites for hydroxylation is 3. The fourth-order valence-electron chi connectivity index (χ4n) is 3.29. The molecule has 2 aromatic rings. The van der Waals surface area contributed by atoms with E-state index in [-0.39, 0.29) is 5.56 Å². The topological polar surface area (TPSA) is 63.9 Å². The molecule has 4 rings (SSSR count). The average Bonchev–Trinajstić information content (AvgIpc) is 2.89. The lowest BCUT2D eigenvalue weighted by Gasteiger charge is -2.40.